The zero-order valence-corrected chi connectivity index (χ0v) is 27.8. The number of nitrogens with one attached hydrogen (secondary N) is 1. The molecule has 11 nitrogen and oxygen atoms in total. The Kier molecular flexibility index (Phi) is 11.1. The third-order valence-electron chi connectivity index (χ3n) is 7.98. The van der Waals surface area contributed by atoms with E-state index in [0.29, 0.717) is 34.3 Å². The van der Waals surface area contributed by atoms with Crippen LogP contribution in [-0.4, -0.2) is 85.2 Å². The maximum absolute atomic E-state index is 14.1. The van der Waals surface area contributed by atoms with Gasteiger partial charge in [0.1, 0.15) is 11.8 Å². The first-order valence-corrected chi connectivity index (χ1v) is 17.9. The summed E-state index contributed by atoms with van der Waals surface area (Å²) in [6.45, 7) is 8.72. The van der Waals surface area contributed by atoms with Crippen molar-refractivity contribution in [1.29, 1.82) is 0 Å². The van der Waals surface area contributed by atoms with Crippen LogP contribution in [0.4, 0.5) is 4.79 Å². The number of aliphatic hydroxyl groups is 1. The number of nitrogens with zero attached hydrogens (tertiary/aromatic N) is 2. The van der Waals surface area contributed by atoms with Gasteiger partial charge in [-0.2, -0.15) is 16.1 Å². The third-order valence-corrected chi connectivity index (χ3v) is 10.9. The number of benzene rings is 2. The number of ether oxygens (including phenoxy) is 3. The smallest absolute Gasteiger partial charge is 0.407 e. The summed E-state index contributed by atoms with van der Waals surface area (Å²) in [6.07, 6.45) is -1.76. The first kappa shape index (κ1) is 33.7. The summed E-state index contributed by atoms with van der Waals surface area (Å²) in [6, 6.07) is 13.3. The van der Waals surface area contributed by atoms with Gasteiger partial charge >= 0.3 is 6.09 Å². The maximum atomic E-state index is 14.1. The summed E-state index contributed by atoms with van der Waals surface area (Å²) in [5.74, 6) is 0.526. The Morgan fingerprint density at radius 3 is 2.64 bits per heavy atom. The number of sulfonamides is 1. The van der Waals surface area contributed by atoms with Gasteiger partial charge in [0.05, 0.1) is 36.2 Å². The fourth-order valence-electron chi connectivity index (χ4n) is 5.66. The van der Waals surface area contributed by atoms with Crippen LogP contribution in [0.3, 0.4) is 0 Å². The van der Waals surface area contributed by atoms with Gasteiger partial charge in [0.25, 0.3) is 0 Å². The van der Waals surface area contributed by atoms with E-state index >= 15 is 0 Å². The summed E-state index contributed by atoms with van der Waals surface area (Å²) < 4.78 is 51.8. The molecule has 0 bridgehead atoms. The van der Waals surface area contributed by atoms with E-state index in [1.165, 1.54) is 10.4 Å². The monoisotopic (exact) mass is 661 g/mol. The second kappa shape index (κ2) is 14.8. The highest BCUT2D eigenvalue weighted by atomic mass is 32.2. The lowest BCUT2D eigenvalue weighted by molar-refractivity contribution is -0.0907. The molecule has 0 radical (unpaired) electrons. The summed E-state index contributed by atoms with van der Waals surface area (Å²) in [4.78, 5) is 13.2. The molecule has 2 N–H and O–H groups in total. The largest absolute Gasteiger partial charge is 0.443 e. The molecule has 0 aliphatic carbocycles. The number of rotatable bonds is 14. The molecule has 1 amide bonds. The maximum Gasteiger partial charge on any atom is 0.407 e. The predicted octanol–water partition coefficient (Wildman–Crippen LogP) is 4.58. The minimum atomic E-state index is -4.05. The molecule has 3 heterocycles. The zero-order chi connectivity index (χ0) is 32.1. The van der Waals surface area contributed by atoms with Gasteiger partial charge in [-0.1, -0.05) is 63.2 Å². The van der Waals surface area contributed by atoms with Gasteiger partial charge in [-0.25, -0.2) is 13.2 Å². The van der Waals surface area contributed by atoms with E-state index in [0.717, 1.165) is 12.0 Å². The van der Waals surface area contributed by atoms with E-state index < -0.39 is 34.4 Å². The number of hydrogen-bond acceptors (Lipinski definition) is 10. The number of fused-ring (bicyclic) bond motifs is 2. The summed E-state index contributed by atoms with van der Waals surface area (Å²) in [5.41, 5.74) is 2.07. The average Bonchev–Trinajstić information content (AvgIpc) is 3.73. The summed E-state index contributed by atoms with van der Waals surface area (Å²) >= 11 is 1.69. The van der Waals surface area contributed by atoms with E-state index in [4.69, 9.17) is 18.7 Å². The predicted molar refractivity (Wildman–Crippen MR) is 171 cm³/mol. The quantitative estimate of drug-likeness (QED) is 0.252. The van der Waals surface area contributed by atoms with Crippen molar-refractivity contribution >= 4 is 38.8 Å². The Bertz CT molecular complexity index is 1530. The molecule has 0 spiro atoms. The van der Waals surface area contributed by atoms with Crippen LogP contribution in [0.2, 0.25) is 0 Å². The molecule has 2 saturated heterocycles. The Morgan fingerprint density at radius 1 is 1.13 bits per heavy atom. The standard InChI is InChI=1S/C32H43N3O8S2/c1-20(2)16-35(45(38,39)23-10-11-29-25(15-23)27(34-43-29)19-44-21(3)4)17-28(36)26(14-22-8-6-5-7-9-22)33-32(37)42-30-18-41-31-24(30)12-13-40-31/h5-11,15,20-21,24,26,28,30-31,36H,12-14,16-19H2,1-4H3,(H,33,37)/t24-,26-,28+,30-,31+/m0/s1. The van der Waals surface area contributed by atoms with Gasteiger partial charge in [-0.15, -0.1) is 0 Å². The lowest BCUT2D eigenvalue weighted by Gasteiger charge is -2.31. The highest BCUT2D eigenvalue weighted by Crippen LogP contribution is 2.33. The Balaban J connectivity index is 1.36. The highest BCUT2D eigenvalue weighted by molar-refractivity contribution is 7.99. The topological polar surface area (TPSA) is 140 Å². The van der Waals surface area contributed by atoms with Crippen molar-refractivity contribution in [2.24, 2.45) is 11.8 Å². The summed E-state index contributed by atoms with van der Waals surface area (Å²) in [7, 11) is -4.05. The number of hydrogen-bond donors (Lipinski definition) is 2. The minimum absolute atomic E-state index is 0.0289. The van der Waals surface area contributed by atoms with E-state index in [1.54, 1.807) is 23.9 Å². The van der Waals surface area contributed by atoms with Crippen LogP contribution in [0, 0.1) is 11.8 Å². The molecular formula is C32H43N3O8S2. The van der Waals surface area contributed by atoms with Crippen molar-refractivity contribution in [3.05, 3.63) is 59.8 Å². The zero-order valence-electron chi connectivity index (χ0n) is 26.1. The van der Waals surface area contributed by atoms with Gasteiger partial charge in [0, 0.05) is 24.2 Å². The molecule has 2 fully saturated rings. The minimum Gasteiger partial charge on any atom is -0.443 e. The number of thioether (sulfide) groups is 1. The molecule has 3 aromatic rings. The lowest BCUT2D eigenvalue weighted by Crippen LogP contribution is -2.51. The SMILES string of the molecule is CC(C)CN(C[C@@H](O)[C@H](Cc1ccccc1)NC(=O)O[C@H]1CO[C@H]2OCC[C@H]21)S(=O)(=O)c1ccc2onc(CSC(C)C)c2c1. The van der Waals surface area contributed by atoms with Crippen LogP contribution in [0.1, 0.15) is 45.4 Å². The molecule has 1 aromatic heterocycles. The number of aromatic nitrogens is 1. The van der Waals surface area contributed by atoms with Gasteiger partial charge in [-0.05, 0) is 47.8 Å². The van der Waals surface area contributed by atoms with E-state index in [-0.39, 0.29) is 49.1 Å². The first-order chi connectivity index (χ1) is 21.5. The van der Waals surface area contributed by atoms with E-state index in [2.05, 4.69) is 24.3 Å². The van der Waals surface area contributed by atoms with E-state index in [1.807, 2.05) is 44.2 Å². The van der Waals surface area contributed by atoms with Gasteiger partial charge in [0.15, 0.2) is 11.9 Å². The van der Waals surface area contributed by atoms with Gasteiger partial charge in [0.2, 0.25) is 10.0 Å². The number of aliphatic hydroxyl groups excluding tert-OH is 1. The molecular weight excluding hydrogens is 618 g/mol. The molecule has 0 unspecified atom stereocenters. The molecule has 246 valence electrons. The number of alkyl carbamates (subject to hydrolysis) is 1. The molecule has 13 heteroatoms. The van der Waals surface area contributed by atoms with Crippen LogP contribution in [0.5, 0.6) is 0 Å². The van der Waals surface area contributed by atoms with Crippen LogP contribution >= 0.6 is 11.8 Å². The van der Waals surface area contributed by atoms with Crippen molar-refractivity contribution in [2.75, 3.05) is 26.3 Å². The average molecular weight is 662 g/mol. The molecule has 5 atom stereocenters. The normalized spacial score (nSPS) is 21.5. The number of carbonyl (C=O) groups excluding carboxylic acids is 1. The molecule has 45 heavy (non-hydrogen) atoms. The second-order valence-electron chi connectivity index (χ2n) is 12.3. The number of amides is 1. The van der Waals surface area contributed by atoms with Crippen molar-refractivity contribution in [1.82, 2.24) is 14.8 Å². The highest BCUT2D eigenvalue weighted by Gasteiger charge is 2.44. The van der Waals surface area contributed by atoms with Crippen molar-refractivity contribution in [3.8, 4) is 0 Å². The Labute approximate surface area is 269 Å². The van der Waals surface area contributed by atoms with Crippen molar-refractivity contribution < 1.29 is 37.1 Å². The summed E-state index contributed by atoms with van der Waals surface area (Å²) in [5, 5.41) is 19.6. The van der Waals surface area contributed by atoms with Crippen LogP contribution in [0.15, 0.2) is 57.9 Å². The van der Waals surface area contributed by atoms with Gasteiger partial charge in [-0.3, -0.25) is 0 Å². The molecule has 5 rings (SSSR count). The fraction of sp³-hybridized carbons (Fsp3) is 0.562. The van der Waals surface area contributed by atoms with Gasteiger partial charge < -0.3 is 29.2 Å². The fourth-order valence-corrected chi connectivity index (χ4v) is 8.01. The number of carbonyl (C=O) groups is 1. The first-order valence-electron chi connectivity index (χ1n) is 15.4. The Hall–Kier alpha value is -2.68. The lowest BCUT2D eigenvalue weighted by atomic mass is 10.0. The van der Waals surface area contributed by atoms with Crippen molar-refractivity contribution in [3.63, 3.8) is 0 Å². The third kappa shape index (κ3) is 8.38. The molecule has 0 saturated carbocycles. The molecule has 2 aliphatic heterocycles. The second-order valence-corrected chi connectivity index (χ2v) is 15.8. The molecule has 2 aliphatic rings. The van der Waals surface area contributed by atoms with Crippen molar-refractivity contribution in [2.45, 2.75) is 81.0 Å². The van der Waals surface area contributed by atoms with Crippen LogP contribution < -0.4 is 5.32 Å². The Morgan fingerprint density at radius 2 is 1.91 bits per heavy atom. The van der Waals surface area contributed by atoms with Crippen LogP contribution in [0.25, 0.3) is 11.0 Å². The van der Waals surface area contributed by atoms with E-state index in [9.17, 15) is 18.3 Å². The molecule has 2 aromatic carbocycles. The van der Waals surface area contributed by atoms with Crippen LogP contribution in [-0.2, 0) is 36.4 Å².